The molecule has 3 aliphatic heterocycles. The highest BCUT2D eigenvalue weighted by Crippen LogP contribution is 2.32. The van der Waals surface area contributed by atoms with Crippen LogP contribution in [0.15, 0.2) is 18.2 Å². The Morgan fingerprint density at radius 1 is 1.03 bits per heavy atom. The Bertz CT molecular complexity index is 764. The molecule has 0 radical (unpaired) electrons. The summed E-state index contributed by atoms with van der Waals surface area (Å²) >= 11 is 0. The van der Waals surface area contributed by atoms with Gasteiger partial charge in [-0.2, -0.15) is 0 Å². The van der Waals surface area contributed by atoms with Gasteiger partial charge in [-0.15, -0.1) is 0 Å². The summed E-state index contributed by atoms with van der Waals surface area (Å²) in [6.07, 6.45) is 4.48. The van der Waals surface area contributed by atoms with E-state index in [-0.39, 0.29) is 18.4 Å². The average Bonchev–Trinajstić information content (AvgIpc) is 3.36. The zero-order chi connectivity index (χ0) is 20.4. The molecule has 1 aromatic rings. The summed E-state index contributed by atoms with van der Waals surface area (Å²) in [5, 5.41) is 0. The van der Waals surface area contributed by atoms with Crippen LogP contribution in [0.2, 0.25) is 0 Å². The van der Waals surface area contributed by atoms with Crippen LogP contribution in [0, 0.1) is 23.5 Å². The van der Waals surface area contributed by atoms with Gasteiger partial charge in [0, 0.05) is 38.2 Å². The molecule has 4 rings (SSSR count). The Hall–Kier alpha value is -2.02. The van der Waals surface area contributed by atoms with Crippen LogP contribution < -0.4 is 0 Å². The standard InChI is InChI=1S/C22H29F2N3O2/c23-19-4-1-3-18(22(19)24)13-25-10-6-16(7-11-25)17-8-12-27(14-17)21(29)15-26-9-2-5-20(26)28/h1,3-4,16-17H,2,5-15H2/t17-/m1/s1. The number of likely N-dealkylation sites (tertiary alicyclic amines) is 3. The van der Waals surface area contributed by atoms with Crippen LogP contribution in [0.5, 0.6) is 0 Å². The molecular formula is C22H29F2N3O2. The largest absolute Gasteiger partial charge is 0.341 e. The lowest BCUT2D eigenvalue weighted by Crippen LogP contribution is -2.40. The number of hydrogen-bond acceptors (Lipinski definition) is 3. The van der Waals surface area contributed by atoms with Gasteiger partial charge < -0.3 is 9.80 Å². The van der Waals surface area contributed by atoms with Crippen molar-refractivity contribution in [1.82, 2.24) is 14.7 Å². The van der Waals surface area contributed by atoms with Crippen LogP contribution in [0.4, 0.5) is 8.78 Å². The van der Waals surface area contributed by atoms with Crippen LogP contribution in [0.1, 0.15) is 37.7 Å². The molecule has 0 saturated carbocycles. The van der Waals surface area contributed by atoms with Gasteiger partial charge in [-0.1, -0.05) is 12.1 Å². The first kappa shape index (κ1) is 20.3. The summed E-state index contributed by atoms with van der Waals surface area (Å²) in [5.74, 6) is -0.297. The lowest BCUT2D eigenvalue weighted by atomic mass is 9.83. The molecule has 0 N–H and O–H groups in total. The topological polar surface area (TPSA) is 43.9 Å². The fourth-order valence-electron chi connectivity index (χ4n) is 5.03. The van der Waals surface area contributed by atoms with Crippen LogP contribution in [0.25, 0.3) is 0 Å². The predicted molar refractivity (Wildman–Crippen MR) is 105 cm³/mol. The van der Waals surface area contributed by atoms with Gasteiger partial charge >= 0.3 is 0 Å². The highest BCUT2D eigenvalue weighted by atomic mass is 19.2. The summed E-state index contributed by atoms with van der Waals surface area (Å²) in [5.41, 5.74) is 0.414. The molecule has 2 amide bonds. The Morgan fingerprint density at radius 3 is 2.52 bits per heavy atom. The molecule has 29 heavy (non-hydrogen) atoms. The molecule has 0 bridgehead atoms. The van der Waals surface area contributed by atoms with Crippen molar-refractivity contribution in [3.8, 4) is 0 Å². The first-order valence-corrected chi connectivity index (χ1v) is 10.7. The molecule has 1 atom stereocenters. The van der Waals surface area contributed by atoms with Crippen LogP contribution >= 0.6 is 0 Å². The molecule has 1 aromatic carbocycles. The van der Waals surface area contributed by atoms with E-state index in [1.54, 1.807) is 17.0 Å². The Morgan fingerprint density at radius 2 is 1.79 bits per heavy atom. The lowest BCUT2D eigenvalue weighted by molar-refractivity contribution is -0.137. The molecule has 7 heteroatoms. The maximum absolute atomic E-state index is 13.9. The number of piperidine rings is 1. The number of benzene rings is 1. The van der Waals surface area contributed by atoms with E-state index in [2.05, 4.69) is 4.90 Å². The number of hydrogen-bond donors (Lipinski definition) is 0. The number of halogens is 2. The van der Waals surface area contributed by atoms with E-state index in [1.165, 1.54) is 0 Å². The van der Waals surface area contributed by atoms with Crippen molar-refractivity contribution in [3.63, 3.8) is 0 Å². The minimum atomic E-state index is -0.788. The van der Waals surface area contributed by atoms with Gasteiger partial charge in [-0.05, 0) is 56.7 Å². The van der Waals surface area contributed by atoms with E-state index in [0.29, 0.717) is 36.9 Å². The number of rotatable bonds is 5. The molecule has 0 aromatic heterocycles. The average molecular weight is 405 g/mol. The van der Waals surface area contributed by atoms with Crippen LogP contribution in [0.3, 0.4) is 0 Å². The van der Waals surface area contributed by atoms with Crippen molar-refractivity contribution < 1.29 is 18.4 Å². The molecule has 5 nitrogen and oxygen atoms in total. The smallest absolute Gasteiger partial charge is 0.242 e. The molecule has 3 heterocycles. The monoisotopic (exact) mass is 405 g/mol. The van der Waals surface area contributed by atoms with Crippen molar-refractivity contribution in [2.45, 2.75) is 38.6 Å². The third-order valence-corrected chi connectivity index (χ3v) is 6.80. The molecule has 3 saturated heterocycles. The molecule has 3 aliphatic rings. The van der Waals surface area contributed by atoms with Crippen molar-refractivity contribution in [2.24, 2.45) is 11.8 Å². The quantitative estimate of drug-likeness (QED) is 0.757. The van der Waals surface area contributed by atoms with Gasteiger partial charge in [0.2, 0.25) is 11.8 Å². The van der Waals surface area contributed by atoms with E-state index < -0.39 is 11.6 Å². The van der Waals surface area contributed by atoms with Gasteiger partial charge in [0.15, 0.2) is 11.6 Å². The summed E-state index contributed by atoms with van der Waals surface area (Å²) in [7, 11) is 0. The van der Waals surface area contributed by atoms with E-state index in [4.69, 9.17) is 0 Å². The summed E-state index contributed by atoms with van der Waals surface area (Å²) in [6, 6.07) is 4.36. The second-order valence-corrected chi connectivity index (χ2v) is 8.63. The van der Waals surface area contributed by atoms with Gasteiger partial charge in [-0.25, -0.2) is 8.78 Å². The molecule has 0 spiro atoms. The zero-order valence-electron chi connectivity index (χ0n) is 16.8. The minimum absolute atomic E-state index is 0.0711. The second-order valence-electron chi connectivity index (χ2n) is 8.63. The lowest BCUT2D eigenvalue weighted by Gasteiger charge is -2.35. The third kappa shape index (κ3) is 4.60. The third-order valence-electron chi connectivity index (χ3n) is 6.80. The highest BCUT2D eigenvalue weighted by Gasteiger charge is 2.35. The Balaban J connectivity index is 1.23. The predicted octanol–water partition coefficient (Wildman–Crippen LogP) is 2.65. The van der Waals surface area contributed by atoms with Crippen molar-refractivity contribution in [2.75, 3.05) is 39.3 Å². The first-order valence-electron chi connectivity index (χ1n) is 10.7. The molecule has 158 valence electrons. The van der Waals surface area contributed by atoms with Gasteiger partial charge in [-0.3, -0.25) is 14.5 Å². The van der Waals surface area contributed by atoms with Crippen molar-refractivity contribution in [3.05, 3.63) is 35.4 Å². The summed E-state index contributed by atoms with van der Waals surface area (Å²) in [6.45, 7) is 4.66. The highest BCUT2D eigenvalue weighted by molar-refractivity contribution is 5.86. The van der Waals surface area contributed by atoms with Gasteiger partial charge in [0.05, 0.1) is 6.54 Å². The van der Waals surface area contributed by atoms with Gasteiger partial charge in [0.1, 0.15) is 0 Å². The van der Waals surface area contributed by atoms with Crippen LogP contribution in [-0.2, 0) is 16.1 Å². The number of nitrogens with zero attached hydrogens (tertiary/aromatic N) is 3. The summed E-state index contributed by atoms with van der Waals surface area (Å²) in [4.78, 5) is 30.1. The van der Waals surface area contributed by atoms with E-state index in [0.717, 1.165) is 57.9 Å². The van der Waals surface area contributed by atoms with Crippen molar-refractivity contribution >= 4 is 11.8 Å². The number of carbonyl (C=O) groups is 2. The zero-order valence-corrected chi connectivity index (χ0v) is 16.8. The minimum Gasteiger partial charge on any atom is -0.341 e. The Kier molecular flexibility index (Phi) is 6.13. The van der Waals surface area contributed by atoms with Crippen molar-refractivity contribution in [1.29, 1.82) is 0 Å². The SMILES string of the molecule is O=C1CCCN1CC(=O)N1CC[C@@H](C2CCN(Cc3cccc(F)c3F)CC2)C1. The van der Waals surface area contributed by atoms with Gasteiger partial charge in [0.25, 0.3) is 0 Å². The van der Waals surface area contributed by atoms with E-state index in [9.17, 15) is 18.4 Å². The second kappa shape index (κ2) is 8.78. The number of amides is 2. The molecule has 0 unspecified atom stereocenters. The fourth-order valence-corrected chi connectivity index (χ4v) is 5.03. The normalized spacial score (nSPS) is 23.9. The molecule has 0 aliphatic carbocycles. The summed E-state index contributed by atoms with van der Waals surface area (Å²) < 4.78 is 27.3. The number of carbonyl (C=O) groups excluding carboxylic acids is 2. The van der Waals surface area contributed by atoms with E-state index >= 15 is 0 Å². The molecule has 3 fully saturated rings. The maximum Gasteiger partial charge on any atom is 0.242 e. The Labute approximate surface area is 170 Å². The first-order chi connectivity index (χ1) is 14.0. The van der Waals surface area contributed by atoms with E-state index in [1.807, 2.05) is 4.90 Å². The fraction of sp³-hybridized carbons (Fsp3) is 0.636. The maximum atomic E-state index is 13.9. The van der Waals surface area contributed by atoms with Crippen LogP contribution in [-0.4, -0.2) is 65.8 Å². The molecular weight excluding hydrogens is 376 g/mol.